The van der Waals surface area contributed by atoms with Crippen LogP contribution in [0.5, 0.6) is 0 Å². The molecule has 1 unspecified atom stereocenters. The average Bonchev–Trinajstić information content (AvgIpc) is 3.25. The van der Waals surface area contributed by atoms with Crippen LogP contribution in [-0.4, -0.2) is 32.4 Å². The van der Waals surface area contributed by atoms with Gasteiger partial charge in [-0.2, -0.15) is 5.10 Å². The van der Waals surface area contributed by atoms with Gasteiger partial charge < -0.3 is 14.8 Å². The molecule has 112 valence electrons. The van der Waals surface area contributed by atoms with Crippen LogP contribution >= 0.6 is 0 Å². The van der Waals surface area contributed by atoms with E-state index >= 15 is 0 Å². The number of hydrogen-bond donors (Lipinski definition) is 2. The average molecular weight is 298 g/mol. The Hall–Kier alpha value is -2.93. The van der Waals surface area contributed by atoms with Gasteiger partial charge in [-0.25, -0.2) is 9.67 Å². The van der Waals surface area contributed by atoms with Crippen LogP contribution in [0.25, 0.3) is 5.82 Å². The Morgan fingerprint density at radius 2 is 2.23 bits per heavy atom. The third kappa shape index (κ3) is 2.89. The Bertz CT molecular complexity index is 738. The predicted octanol–water partition coefficient (Wildman–Crippen LogP) is 1.32. The summed E-state index contributed by atoms with van der Waals surface area (Å²) >= 11 is 0. The lowest BCUT2D eigenvalue weighted by Gasteiger charge is -2.13. The van der Waals surface area contributed by atoms with Crippen molar-refractivity contribution in [1.29, 1.82) is 0 Å². The van der Waals surface area contributed by atoms with Crippen LogP contribution in [0.4, 0.5) is 0 Å². The topological polar surface area (TPSA) is 93.2 Å². The zero-order valence-electron chi connectivity index (χ0n) is 11.6. The van der Waals surface area contributed by atoms with E-state index in [0.717, 1.165) is 0 Å². The molecule has 7 nitrogen and oxygen atoms in total. The molecule has 0 aliphatic heterocycles. The molecule has 0 fully saturated rings. The predicted molar refractivity (Wildman–Crippen MR) is 77.4 cm³/mol. The smallest absolute Gasteiger partial charge is 0.270 e. The van der Waals surface area contributed by atoms with Crippen molar-refractivity contribution >= 4 is 5.91 Å². The highest BCUT2D eigenvalue weighted by Crippen LogP contribution is 2.13. The van der Waals surface area contributed by atoms with Gasteiger partial charge in [-0.1, -0.05) is 6.07 Å². The van der Waals surface area contributed by atoms with E-state index in [1.54, 1.807) is 53.5 Å². The fourth-order valence-electron chi connectivity index (χ4n) is 2.01. The van der Waals surface area contributed by atoms with E-state index in [4.69, 9.17) is 4.42 Å². The van der Waals surface area contributed by atoms with Crippen molar-refractivity contribution in [2.24, 2.45) is 0 Å². The summed E-state index contributed by atoms with van der Waals surface area (Å²) in [7, 11) is 0. The third-order valence-corrected chi connectivity index (χ3v) is 3.08. The molecule has 3 heterocycles. The van der Waals surface area contributed by atoms with Gasteiger partial charge in [0.1, 0.15) is 17.5 Å². The van der Waals surface area contributed by atoms with Crippen LogP contribution in [0.15, 0.2) is 59.5 Å². The quantitative estimate of drug-likeness (QED) is 0.741. The Morgan fingerprint density at radius 3 is 2.91 bits per heavy atom. The number of nitrogens with one attached hydrogen (secondary N) is 1. The van der Waals surface area contributed by atoms with Gasteiger partial charge in [0.15, 0.2) is 5.82 Å². The highest BCUT2D eigenvalue weighted by atomic mass is 16.3. The molecule has 0 aliphatic rings. The number of aliphatic hydroxyl groups excluding tert-OH is 1. The maximum atomic E-state index is 12.3. The highest BCUT2D eigenvalue weighted by Gasteiger charge is 2.18. The molecule has 3 aromatic rings. The van der Waals surface area contributed by atoms with Crippen LogP contribution in [0.1, 0.15) is 22.3 Å². The molecule has 0 spiro atoms. The minimum absolute atomic E-state index is 0.234. The number of carbonyl (C=O) groups is 1. The van der Waals surface area contributed by atoms with Crippen LogP contribution < -0.4 is 5.32 Å². The van der Waals surface area contributed by atoms with Crippen molar-refractivity contribution < 1.29 is 14.3 Å². The Morgan fingerprint density at radius 1 is 1.32 bits per heavy atom. The van der Waals surface area contributed by atoms with Crippen molar-refractivity contribution in [1.82, 2.24) is 20.1 Å². The second-order valence-electron chi connectivity index (χ2n) is 4.56. The first-order chi connectivity index (χ1) is 10.8. The number of pyridine rings is 1. The molecule has 22 heavy (non-hydrogen) atoms. The van der Waals surface area contributed by atoms with Gasteiger partial charge >= 0.3 is 0 Å². The lowest BCUT2D eigenvalue weighted by molar-refractivity contribution is 0.0902. The van der Waals surface area contributed by atoms with Crippen LogP contribution in [0.2, 0.25) is 0 Å². The van der Waals surface area contributed by atoms with E-state index in [1.807, 2.05) is 0 Å². The van der Waals surface area contributed by atoms with Gasteiger partial charge in [-0.15, -0.1) is 0 Å². The number of carbonyl (C=O) groups excluding carboxylic acids is 1. The summed E-state index contributed by atoms with van der Waals surface area (Å²) in [5.74, 6) is 0.625. The van der Waals surface area contributed by atoms with Gasteiger partial charge in [0.2, 0.25) is 0 Å². The first-order valence-electron chi connectivity index (χ1n) is 6.70. The van der Waals surface area contributed by atoms with E-state index in [9.17, 15) is 9.90 Å². The van der Waals surface area contributed by atoms with Gasteiger partial charge in [0, 0.05) is 12.4 Å². The number of nitrogens with zero attached hydrogens (tertiary/aromatic N) is 3. The molecule has 2 N–H and O–H groups in total. The summed E-state index contributed by atoms with van der Waals surface area (Å²) in [4.78, 5) is 16.5. The molecular weight excluding hydrogens is 284 g/mol. The molecule has 0 bridgehead atoms. The van der Waals surface area contributed by atoms with Crippen molar-refractivity contribution in [3.63, 3.8) is 0 Å². The second-order valence-corrected chi connectivity index (χ2v) is 4.56. The largest absolute Gasteiger partial charge is 0.467 e. The molecule has 0 aromatic carbocycles. The van der Waals surface area contributed by atoms with Gasteiger partial charge in [-0.3, -0.25) is 4.79 Å². The normalized spacial score (nSPS) is 12.0. The fourth-order valence-corrected chi connectivity index (χ4v) is 2.01. The number of furan rings is 1. The number of aromatic nitrogens is 3. The molecular formula is C15H14N4O3. The second kappa shape index (κ2) is 6.23. The highest BCUT2D eigenvalue weighted by molar-refractivity contribution is 5.92. The van der Waals surface area contributed by atoms with Crippen LogP contribution in [0.3, 0.4) is 0 Å². The van der Waals surface area contributed by atoms with Crippen molar-refractivity contribution in [2.75, 3.05) is 6.61 Å². The lowest BCUT2D eigenvalue weighted by atomic mass is 10.2. The molecule has 0 saturated carbocycles. The molecule has 0 radical (unpaired) electrons. The van der Waals surface area contributed by atoms with E-state index in [0.29, 0.717) is 11.6 Å². The van der Waals surface area contributed by atoms with Crippen LogP contribution in [0, 0.1) is 0 Å². The first kappa shape index (κ1) is 14.0. The number of amides is 1. The summed E-state index contributed by atoms with van der Waals surface area (Å²) in [5, 5.41) is 16.1. The summed E-state index contributed by atoms with van der Waals surface area (Å²) in [6.07, 6.45) is 4.86. The maximum Gasteiger partial charge on any atom is 0.270 e. The first-order valence-corrected chi connectivity index (χ1v) is 6.70. The van der Waals surface area contributed by atoms with Crippen molar-refractivity contribution in [3.8, 4) is 5.82 Å². The fraction of sp³-hybridized carbons (Fsp3) is 0.133. The molecule has 1 amide bonds. The van der Waals surface area contributed by atoms with E-state index in [1.165, 1.54) is 6.26 Å². The van der Waals surface area contributed by atoms with E-state index in [2.05, 4.69) is 15.4 Å². The summed E-state index contributed by atoms with van der Waals surface area (Å²) in [5.41, 5.74) is 0.234. The van der Waals surface area contributed by atoms with Crippen molar-refractivity contribution in [3.05, 3.63) is 66.5 Å². The molecule has 0 saturated heterocycles. The number of rotatable bonds is 5. The van der Waals surface area contributed by atoms with E-state index in [-0.39, 0.29) is 12.3 Å². The molecule has 3 aromatic heterocycles. The SMILES string of the molecule is O=C(NC(CO)c1ccco1)c1cccc(-n2cccn2)n1. The molecule has 3 rings (SSSR count). The zero-order valence-corrected chi connectivity index (χ0v) is 11.6. The van der Waals surface area contributed by atoms with Gasteiger partial charge in [0.05, 0.1) is 12.9 Å². The summed E-state index contributed by atoms with van der Waals surface area (Å²) in [6, 6.07) is 9.61. The Kier molecular flexibility index (Phi) is 3.97. The lowest BCUT2D eigenvalue weighted by Crippen LogP contribution is -2.31. The van der Waals surface area contributed by atoms with Crippen molar-refractivity contribution in [2.45, 2.75) is 6.04 Å². The number of aliphatic hydroxyl groups is 1. The summed E-state index contributed by atoms with van der Waals surface area (Å²) in [6.45, 7) is -0.266. The molecule has 7 heteroatoms. The molecule has 0 aliphatic carbocycles. The summed E-state index contributed by atoms with van der Waals surface area (Å²) < 4.78 is 6.76. The van der Waals surface area contributed by atoms with Gasteiger partial charge in [-0.05, 0) is 30.3 Å². The number of hydrogen-bond acceptors (Lipinski definition) is 5. The van der Waals surface area contributed by atoms with Gasteiger partial charge in [0.25, 0.3) is 5.91 Å². The Labute approximate surface area is 126 Å². The maximum absolute atomic E-state index is 12.3. The zero-order chi connectivity index (χ0) is 15.4. The minimum Gasteiger partial charge on any atom is -0.467 e. The van der Waals surface area contributed by atoms with Crippen LogP contribution in [-0.2, 0) is 0 Å². The monoisotopic (exact) mass is 298 g/mol. The minimum atomic E-state index is -0.613. The van der Waals surface area contributed by atoms with E-state index < -0.39 is 11.9 Å². The third-order valence-electron chi connectivity index (χ3n) is 3.08. The Balaban J connectivity index is 1.79. The standard InChI is InChI=1S/C15H14N4O3/c20-10-12(13-5-2-9-22-13)18-15(21)11-4-1-6-14(17-11)19-8-3-7-16-19/h1-9,12,20H,10H2,(H,18,21). The molecule has 1 atom stereocenters.